The summed E-state index contributed by atoms with van der Waals surface area (Å²) >= 11 is 3.15. The number of amides is 1. The Balaban J connectivity index is 1.17. The Hall–Kier alpha value is -2.88. The number of benzene rings is 1. The summed E-state index contributed by atoms with van der Waals surface area (Å²) in [7, 11) is 0. The van der Waals surface area contributed by atoms with Crippen LogP contribution in [-0.2, 0) is 6.54 Å². The summed E-state index contributed by atoms with van der Waals surface area (Å²) < 4.78 is 5.41. The van der Waals surface area contributed by atoms with Crippen LogP contribution in [0.15, 0.2) is 57.7 Å². The molecule has 7 nitrogen and oxygen atoms in total. The van der Waals surface area contributed by atoms with Crippen molar-refractivity contribution in [1.29, 1.82) is 0 Å². The number of nitrogens with zero attached hydrogens (tertiary/aromatic N) is 5. The molecule has 5 rings (SSSR count). The highest BCUT2D eigenvalue weighted by molar-refractivity contribution is 7.20. The van der Waals surface area contributed by atoms with Gasteiger partial charge in [0, 0.05) is 37.1 Å². The average Bonchev–Trinajstić information content (AvgIpc) is 3.55. The van der Waals surface area contributed by atoms with Crippen molar-refractivity contribution in [3.05, 3.63) is 64.8 Å². The van der Waals surface area contributed by atoms with Crippen LogP contribution in [0.5, 0.6) is 0 Å². The summed E-state index contributed by atoms with van der Waals surface area (Å²) in [6.07, 6.45) is 0. The molecule has 1 amide bonds. The smallest absolute Gasteiger partial charge is 0.273 e. The zero-order valence-electron chi connectivity index (χ0n) is 16.1. The summed E-state index contributed by atoms with van der Waals surface area (Å²) in [5.74, 6) is 1.19. The van der Waals surface area contributed by atoms with Gasteiger partial charge in [0.05, 0.1) is 11.4 Å². The standard InChI is InChI=1S/C21H19N5O2S2/c27-21(16-14-30-20(22-16)17-7-4-12-29-17)26-10-8-25(9-11-26)13-18-23-19(24-28-18)15-5-2-1-3-6-15/h1-7,12,14H,8-11,13H2. The molecular formula is C21H19N5O2S2. The molecule has 1 aliphatic rings. The van der Waals surface area contributed by atoms with Crippen molar-refractivity contribution in [2.75, 3.05) is 26.2 Å². The highest BCUT2D eigenvalue weighted by Crippen LogP contribution is 2.28. The minimum absolute atomic E-state index is 0.00198. The monoisotopic (exact) mass is 437 g/mol. The van der Waals surface area contributed by atoms with E-state index >= 15 is 0 Å². The van der Waals surface area contributed by atoms with Gasteiger partial charge in [-0.05, 0) is 11.4 Å². The van der Waals surface area contributed by atoms with Crippen LogP contribution in [0.2, 0.25) is 0 Å². The van der Waals surface area contributed by atoms with Gasteiger partial charge in [0.15, 0.2) is 0 Å². The molecule has 152 valence electrons. The number of thiazole rings is 1. The fourth-order valence-corrected chi connectivity index (χ4v) is 4.98. The maximum Gasteiger partial charge on any atom is 0.273 e. The Morgan fingerprint density at radius 2 is 1.83 bits per heavy atom. The van der Waals surface area contributed by atoms with Gasteiger partial charge in [-0.15, -0.1) is 22.7 Å². The number of aromatic nitrogens is 3. The van der Waals surface area contributed by atoms with Crippen LogP contribution >= 0.6 is 22.7 Å². The van der Waals surface area contributed by atoms with Crippen LogP contribution in [-0.4, -0.2) is 57.0 Å². The van der Waals surface area contributed by atoms with Gasteiger partial charge in [-0.25, -0.2) is 4.98 Å². The Bertz CT molecular complexity index is 1120. The SMILES string of the molecule is O=C(c1csc(-c2cccs2)n1)N1CCN(Cc2nc(-c3ccccc3)no2)CC1. The highest BCUT2D eigenvalue weighted by Gasteiger charge is 2.25. The van der Waals surface area contributed by atoms with Gasteiger partial charge in [-0.1, -0.05) is 41.6 Å². The Labute approximate surface area is 181 Å². The first-order chi connectivity index (χ1) is 14.8. The lowest BCUT2D eigenvalue weighted by atomic mass is 10.2. The molecule has 0 atom stereocenters. The third kappa shape index (κ3) is 4.04. The second-order valence-electron chi connectivity index (χ2n) is 6.96. The Morgan fingerprint density at radius 1 is 1.00 bits per heavy atom. The van der Waals surface area contributed by atoms with E-state index in [4.69, 9.17) is 4.52 Å². The molecule has 0 unspecified atom stereocenters. The number of carbonyl (C=O) groups excluding carboxylic acids is 1. The van der Waals surface area contributed by atoms with Crippen molar-refractivity contribution in [2.24, 2.45) is 0 Å². The number of carbonyl (C=O) groups is 1. The zero-order valence-corrected chi connectivity index (χ0v) is 17.7. The number of hydrogen-bond acceptors (Lipinski definition) is 8. The molecular weight excluding hydrogens is 418 g/mol. The lowest BCUT2D eigenvalue weighted by Crippen LogP contribution is -2.48. The van der Waals surface area contributed by atoms with E-state index in [2.05, 4.69) is 20.0 Å². The van der Waals surface area contributed by atoms with E-state index in [1.54, 1.807) is 11.3 Å². The van der Waals surface area contributed by atoms with Gasteiger partial charge >= 0.3 is 0 Å². The summed E-state index contributed by atoms with van der Waals surface area (Å²) in [5, 5.41) is 8.85. The van der Waals surface area contributed by atoms with Gasteiger partial charge in [0.2, 0.25) is 11.7 Å². The van der Waals surface area contributed by atoms with Gasteiger partial charge in [-0.2, -0.15) is 4.98 Å². The topological polar surface area (TPSA) is 75.4 Å². The van der Waals surface area contributed by atoms with E-state index in [1.165, 1.54) is 11.3 Å². The van der Waals surface area contributed by atoms with Gasteiger partial charge in [-0.3, -0.25) is 9.69 Å². The molecule has 0 bridgehead atoms. The maximum atomic E-state index is 12.8. The van der Waals surface area contributed by atoms with E-state index in [1.807, 2.05) is 58.1 Å². The lowest BCUT2D eigenvalue weighted by Gasteiger charge is -2.33. The molecule has 0 radical (unpaired) electrons. The minimum atomic E-state index is -0.00198. The molecule has 0 aliphatic carbocycles. The van der Waals surface area contributed by atoms with Gasteiger partial charge in [0.25, 0.3) is 5.91 Å². The molecule has 0 spiro atoms. The predicted octanol–water partition coefficient (Wildman–Crippen LogP) is 3.88. The van der Waals surface area contributed by atoms with Crippen molar-refractivity contribution in [2.45, 2.75) is 6.54 Å². The van der Waals surface area contributed by atoms with Crippen molar-refractivity contribution < 1.29 is 9.32 Å². The van der Waals surface area contributed by atoms with Gasteiger partial charge in [0.1, 0.15) is 10.7 Å². The molecule has 1 saturated heterocycles. The van der Waals surface area contributed by atoms with Crippen molar-refractivity contribution >= 4 is 28.6 Å². The van der Waals surface area contributed by atoms with Crippen LogP contribution in [0.4, 0.5) is 0 Å². The van der Waals surface area contributed by atoms with Crippen molar-refractivity contribution in [1.82, 2.24) is 24.9 Å². The van der Waals surface area contributed by atoms with Gasteiger partial charge < -0.3 is 9.42 Å². The van der Waals surface area contributed by atoms with E-state index in [-0.39, 0.29) is 5.91 Å². The molecule has 0 N–H and O–H groups in total. The first-order valence-corrected chi connectivity index (χ1v) is 11.4. The number of piperazine rings is 1. The third-order valence-electron chi connectivity index (χ3n) is 4.97. The molecule has 1 fully saturated rings. The fraction of sp³-hybridized carbons (Fsp3) is 0.238. The van der Waals surface area contributed by atoms with Crippen LogP contribution in [0.25, 0.3) is 21.3 Å². The fourth-order valence-electron chi connectivity index (χ4n) is 3.37. The number of thiophene rings is 1. The molecule has 4 aromatic rings. The largest absolute Gasteiger partial charge is 0.338 e. The minimum Gasteiger partial charge on any atom is -0.338 e. The molecule has 0 saturated carbocycles. The number of hydrogen-bond donors (Lipinski definition) is 0. The summed E-state index contributed by atoms with van der Waals surface area (Å²) in [6, 6.07) is 13.8. The first kappa shape index (κ1) is 19.1. The zero-order chi connectivity index (χ0) is 20.3. The summed E-state index contributed by atoms with van der Waals surface area (Å²) in [4.78, 5) is 27.0. The van der Waals surface area contributed by atoms with E-state index in [0.29, 0.717) is 37.0 Å². The maximum absolute atomic E-state index is 12.8. The summed E-state index contributed by atoms with van der Waals surface area (Å²) in [5.41, 5.74) is 1.47. The second kappa shape index (κ2) is 8.47. The van der Waals surface area contributed by atoms with Crippen LogP contribution in [0, 0.1) is 0 Å². The third-order valence-corrected chi connectivity index (χ3v) is 6.86. The summed E-state index contributed by atoms with van der Waals surface area (Å²) in [6.45, 7) is 3.42. The van der Waals surface area contributed by atoms with E-state index in [9.17, 15) is 4.79 Å². The first-order valence-electron chi connectivity index (χ1n) is 9.65. The normalized spacial score (nSPS) is 14.9. The van der Waals surface area contributed by atoms with E-state index < -0.39 is 0 Å². The van der Waals surface area contributed by atoms with Crippen molar-refractivity contribution in [3.63, 3.8) is 0 Å². The predicted molar refractivity (Wildman–Crippen MR) is 116 cm³/mol. The second-order valence-corrected chi connectivity index (χ2v) is 8.77. The Kier molecular flexibility index (Phi) is 5.39. The number of rotatable bonds is 5. The molecule has 1 aromatic carbocycles. The molecule has 3 aromatic heterocycles. The van der Waals surface area contributed by atoms with Crippen LogP contribution in [0.3, 0.4) is 0 Å². The average molecular weight is 438 g/mol. The van der Waals surface area contributed by atoms with Crippen LogP contribution < -0.4 is 0 Å². The van der Waals surface area contributed by atoms with E-state index in [0.717, 1.165) is 28.5 Å². The quantitative estimate of drug-likeness (QED) is 0.472. The lowest BCUT2D eigenvalue weighted by molar-refractivity contribution is 0.0610. The molecule has 30 heavy (non-hydrogen) atoms. The molecule has 9 heteroatoms. The van der Waals surface area contributed by atoms with Crippen molar-refractivity contribution in [3.8, 4) is 21.3 Å². The Morgan fingerprint density at radius 3 is 2.60 bits per heavy atom. The highest BCUT2D eigenvalue weighted by atomic mass is 32.1. The van der Waals surface area contributed by atoms with Crippen LogP contribution in [0.1, 0.15) is 16.4 Å². The molecule has 1 aliphatic heterocycles. The molecule has 4 heterocycles.